The molecule has 1 aliphatic rings. The van der Waals surface area contributed by atoms with Crippen LogP contribution in [0.5, 0.6) is 0 Å². The molecule has 0 fully saturated rings. The highest BCUT2D eigenvalue weighted by Crippen LogP contribution is 2.40. The Morgan fingerprint density at radius 1 is 1.09 bits per heavy atom. The molecule has 3 aromatic carbocycles. The zero-order valence-electron chi connectivity index (χ0n) is 18.1. The molecular weight excluding hydrogens is 518 g/mol. The van der Waals surface area contributed by atoms with Gasteiger partial charge in [-0.2, -0.15) is 0 Å². The molecule has 180 valence electrons. The van der Waals surface area contributed by atoms with Crippen molar-refractivity contribution in [3.63, 3.8) is 0 Å². The summed E-state index contributed by atoms with van der Waals surface area (Å²) in [5.74, 6) is -0.0404. The molecule has 0 aliphatic carbocycles. The van der Waals surface area contributed by atoms with Crippen LogP contribution in [0.4, 0.5) is 5.69 Å². The number of rotatable bonds is 6. The SMILES string of the molecule is CN1Cc2c(Cl)cc(Cl)cc2C(c2cccc(NS(=O)(=O)c3ccc(CP(=O)(O)O)cc3)c2)C1. The van der Waals surface area contributed by atoms with Gasteiger partial charge in [-0.3, -0.25) is 9.29 Å². The van der Waals surface area contributed by atoms with Gasteiger partial charge in [-0.15, -0.1) is 0 Å². The Bertz CT molecular complexity index is 1380. The summed E-state index contributed by atoms with van der Waals surface area (Å²) in [6, 6.07) is 16.3. The summed E-state index contributed by atoms with van der Waals surface area (Å²) in [5, 5.41) is 1.16. The first kappa shape index (κ1) is 25.2. The first-order valence-electron chi connectivity index (χ1n) is 10.3. The lowest BCUT2D eigenvalue weighted by Crippen LogP contribution is -2.31. The molecule has 0 amide bonds. The van der Waals surface area contributed by atoms with E-state index in [2.05, 4.69) is 9.62 Å². The van der Waals surface area contributed by atoms with Crippen LogP contribution in [-0.4, -0.2) is 36.7 Å². The largest absolute Gasteiger partial charge is 0.329 e. The number of sulfonamides is 1. The minimum Gasteiger partial charge on any atom is -0.324 e. The molecule has 4 rings (SSSR count). The van der Waals surface area contributed by atoms with Crippen LogP contribution in [0.15, 0.2) is 65.6 Å². The van der Waals surface area contributed by atoms with E-state index in [0.29, 0.717) is 27.8 Å². The van der Waals surface area contributed by atoms with Crippen LogP contribution in [0, 0.1) is 0 Å². The summed E-state index contributed by atoms with van der Waals surface area (Å²) in [6.07, 6.45) is -0.450. The van der Waals surface area contributed by atoms with Gasteiger partial charge in [-0.25, -0.2) is 8.42 Å². The first-order valence-corrected chi connectivity index (χ1v) is 14.4. The van der Waals surface area contributed by atoms with Gasteiger partial charge in [0, 0.05) is 34.7 Å². The maximum absolute atomic E-state index is 12.9. The van der Waals surface area contributed by atoms with Gasteiger partial charge >= 0.3 is 7.60 Å². The number of hydrogen-bond donors (Lipinski definition) is 3. The Kier molecular flexibility index (Phi) is 7.14. The first-order chi connectivity index (χ1) is 15.9. The van der Waals surface area contributed by atoms with E-state index in [9.17, 15) is 13.0 Å². The van der Waals surface area contributed by atoms with E-state index in [-0.39, 0.29) is 10.8 Å². The van der Waals surface area contributed by atoms with Gasteiger partial charge in [0.1, 0.15) is 0 Å². The van der Waals surface area contributed by atoms with Crippen molar-refractivity contribution >= 4 is 46.5 Å². The van der Waals surface area contributed by atoms with Crippen LogP contribution in [0.1, 0.15) is 28.2 Å². The van der Waals surface area contributed by atoms with E-state index >= 15 is 0 Å². The Hall–Kier alpha value is -1.90. The highest BCUT2D eigenvalue weighted by atomic mass is 35.5. The third-order valence-corrected chi connectivity index (χ3v) is 8.39. The summed E-state index contributed by atoms with van der Waals surface area (Å²) in [5.41, 5.74) is 3.71. The van der Waals surface area contributed by atoms with Crippen molar-refractivity contribution in [3.05, 3.63) is 93.0 Å². The molecule has 11 heteroatoms. The van der Waals surface area contributed by atoms with Crippen LogP contribution in [0.3, 0.4) is 0 Å². The number of nitrogens with zero attached hydrogens (tertiary/aromatic N) is 1. The quantitative estimate of drug-likeness (QED) is 0.377. The van der Waals surface area contributed by atoms with E-state index in [0.717, 1.165) is 23.2 Å². The second kappa shape index (κ2) is 9.63. The number of anilines is 1. The van der Waals surface area contributed by atoms with E-state index in [1.807, 2.05) is 19.2 Å². The lowest BCUT2D eigenvalue weighted by atomic mass is 9.84. The average molecular weight is 541 g/mol. The smallest absolute Gasteiger partial charge is 0.324 e. The normalized spacial score (nSPS) is 16.8. The minimum atomic E-state index is -4.24. The van der Waals surface area contributed by atoms with E-state index < -0.39 is 23.8 Å². The summed E-state index contributed by atoms with van der Waals surface area (Å²) in [6.45, 7) is 1.42. The molecule has 7 nitrogen and oxygen atoms in total. The fourth-order valence-corrected chi connectivity index (χ4v) is 6.48. The van der Waals surface area contributed by atoms with Gasteiger partial charge in [0.05, 0.1) is 11.1 Å². The van der Waals surface area contributed by atoms with Crippen molar-refractivity contribution in [3.8, 4) is 0 Å². The van der Waals surface area contributed by atoms with Crippen molar-refractivity contribution in [2.75, 3.05) is 18.3 Å². The number of benzene rings is 3. The van der Waals surface area contributed by atoms with Crippen LogP contribution in [-0.2, 0) is 27.3 Å². The van der Waals surface area contributed by atoms with E-state index in [1.54, 1.807) is 24.3 Å². The molecule has 1 heterocycles. The fraction of sp³-hybridized carbons (Fsp3) is 0.217. The Morgan fingerprint density at radius 3 is 2.47 bits per heavy atom. The maximum Gasteiger partial charge on any atom is 0.329 e. The van der Waals surface area contributed by atoms with Gasteiger partial charge in [-0.05, 0) is 65.7 Å². The monoisotopic (exact) mass is 540 g/mol. The van der Waals surface area contributed by atoms with Gasteiger partial charge < -0.3 is 14.7 Å². The molecule has 1 unspecified atom stereocenters. The molecule has 0 spiro atoms. The molecule has 0 bridgehead atoms. The van der Waals surface area contributed by atoms with E-state index in [4.69, 9.17) is 33.0 Å². The predicted octanol–water partition coefficient (Wildman–Crippen LogP) is 5.05. The minimum absolute atomic E-state index is 0.00586. The Labute approximate surface area is 208 Å². The van der Waals surface area contributed by atoms with Crippen molar-refractivity contribution in [2.24, 2.45) is 0 Å². The molecule has 3 N–H and O–H groups in total. The number of fused-ring (bicyclic) bond motifs is 1. The van der Waals surface area contributed by atoms with Crippen LogP contribution >= 0.6 is 30.8 Å². The molecular formula is C23H23Cl2N2O5PS. The van der Waals surface area contributed by atoms with Gasteiger partial charge in [0.15, 0.2) is 0 Å². The highest BCUT2D eigenvalue weighted by Gasteiger charge is 2.27. The summed E-state index contributed by atoms with van der Waals surface area (Å²) in [4.78, 5) is 20.3. The molecule has 3 aromatic rings. The maximum atomic E-state index is 12.9. The molecule has 0 aromatic heterocycles. The van der Waals surface area contributed by atoms with Crippen molar-refractivity contribution < 1.29 is 22.8 Å². The standard InChI is InChI=1S/C23H23Cl2N2O5PS/c1-27-12-21(20-10-17(24)11-23(25)22(20)13-27)16-3-2-4-18(9-16)26-34(31,32)19-7-5-15(6-8-19)14-33(28,29)30/h2-11,21,26H,12-14H2,1H3,(H2,28,29,30). The highest BCUT2D eigenvalue weighted by molar-refractivity contribution is 7.92. The second-order valence-corrected chi connectivity index (χ2v) is 12.6. The fourth-order valence-electron chi connectivity index (χ4n) is 4.18. The zero-order valence-corrected chi connectivity index (χ0v) is 21.4. The van der Waals surface area contributed by atoms with Crippen molar-refractivity contribution in [2.45, 2.75) is 23.5 Å². The lowest BCUT2D eigenvalue weighted by molar-refractivity contribution is 0.295. The summed E-state index contributed by atoms with van der Waals surface area (Å²) in [7, 11) is -6.14. The second-order valence-electron chi connectivity index (χ2n) is 8.40. The average Bonchev–Trinajstić information content (AvgIpc) is 2.73. The Morgan fingerprint density at radius 2 is 1.79 bits per heavy atom. The van der Waals surface area contributed by atoms with Crippen molar-refractivity contribution in [1.29, 1.82) is 0 Å². The van der Waals surface area contributed by atoms with Gasteiger partial charge in [-0.1, -0.05) is 47.5 Å². The molecule has 1 atom stereocenters. The zero-order chi connectivity index (χ0) is 24.7. The summed E-state index contributed by atoms with van der Waals surface area (Å²) < 4.78 is 39.6. The van der Waals surface area contributed by atoms with Crippen LogP contribution in [0.2, 0.25) is 10.0 Å². The molecule has 0 saturated heterocycles. The number of halogens is 2. The lowest BCUT2D eigenvalue weighted by Gasteiger charge is -2.33. The molecule has 0 radical (unpaired) electrons. The third-order valence-electron chi connectivity index (χ3n) is 5.66. The van der Waals surface area contributed by atoms with Gasteiger partial charge in [0.25, 0.3) is 10.0 Å². The van der Waals surface area contributed by atoms with Crippen molar-refractivity contribution in [1.82, 2.24) is 4.90 Å². The predicted molar refractivity (Wildman–Crippen MR) is 134 cm³/mol. The number of nitrogens with one attached hydrogen (secondary N) is 1. The van der Waals surface area contributed by atoms with Gasteiger partial charge in [0.2, 0.25) is 0 Å². The Balaban J connectivity index is 1.61. The topological polar surface area (TPSA) is 107 Å². The van der Waals surface area contributed by atoms with Crippen LogP contribution in [0.25, 0.3) is 0 Å². The van der Waals surface area contributed by atoms with Crippen LogP contribution < -0.4 is 4.72 Å². The molecule has 34 heavy (non-hydrogen) atoms. The molecule has 1 aliphatic heterocycles. The van der Waals surface area contributed by atoms with E-state index in [1.165, 1.54) is 24.3 Å². The number of likely N-dealkylation sites (N-methyl/N-ethyl adjacent to an activating group) is 1. The summed E-state index contributed by atoms with van der Waals surface area (Å²) >= 11 is 12.7. The third kappa shape index (κ3) is 5.83. The number of hydrogen-bond acceptors (Lipinski definition) is 4. The molecule has 0 saturated carbocycles.